The van der Waals surface area contributed by atoms with Crippen molar-refractivity contribution in [2.45, 2.75) is 63.6 Å². The highest BCUT2D eigenvalue weighted by Crippen LogP contribution is 2.41. The van der Waals surface area contributed by atoms with E-state index in [0.29, 0.717) is 18.4 Å². The molecule has 0 amide bonds. The van der Waals surface area contributed by atoms with Crippen LogP contribution in [-0.2, 0) is 9.53 Å². The molecule has 1 aliphatic heterocycles. The highest BCUT2D eigenvalue weighted by Gasteiger charge is 2.32. The lowest BCUT2D eigenvalue weighted by Gasteiger charge is -2.31. The van der Waals surface area contributed by atoms with Gasteiger partial charge in [0.1, 0.15) is 0 Å². The number of aromatic nitrogens is 3. The van der Waals surface area contributed by atoms with Crippen molar-refractivity contribution in [3.63, 3.8) is 0 Å². The molecule has 1 aliphatic carbocycles. The molecular formula is C17H28N4O2S. The first kappa shape index (κ1) is 17.6. The highest BCUT2D eigenvalue weighted by atomic mass is 32.2. The van der Waals surface area contributed by atoms with Crippen LogP contribution in [0.2, 0.25) is 0 Å². The van der Waals surface area contributed by atoms with E-state index in [2.05, 4.69) is 33.5 Å². The number of anilines is 1. The smallest absolute Gasteiger partial charge is 0.316 e. The maximum absolute atomic E-state index is 11.8. The van der Waals surface area contributed by atoms with Gasteiger partial charge < -0.3 is 9.64 Å². The third kappa shape index (κ3) is 4.43. The molecule has 7 heteroatoms. The Morgan fingerprint density at radius 2 is 2.00 bits per heavy atom. The zero-order chi connectivity index (χ0) is 16.9. The Kier molecular flexibility index (Phi) is 6.03. The Morgan fingerprint density at radius 3 is 2.67 bits per heavy atom. The maximum Gasteiger partial charge on any atom is 0.316 e. The average Bonchev–Trinajstić information content (AvgIpc) is 3.33. The average molecular weight is 353 g/mol. The summed E-state index contributed by atoms with van der Waals surface area (Å²) in [6.07, 6.45) is 6.75. The van der Waals surface area contributed by atoms with Crippen LogP contribution in [0.5, 0.6) is 0 Å². The highest BCUT2D eigenvalue weighted by molar-refractivity contribution is 7.99. The number of piperidine rings is 1. The predicted molar refractivity (Wildman–Crippen MR) is 95.5 cm³/mol. The van der Waals surface area contributed by atoms with Crippen LogP contribution in [0.4, 0.5) is 5.95 Å². The first-order valence-electron chi connectivity index (χ1n) is 9.17. The fourth-order valence-electron chi connectivity index (χ4n) is 2.94. The normalized spacial score (nSPS) is 18.8. The fraction of sp³-hybridized carbons (Fsp3) is 0.824. The number of hydrogen-bond donors (Lipinski definition) is 0. The number of carbonyl (C=O) groups is 1. The molecule has 1 saturated heterocycles. The molecule has 0 radical (unpaired) electrons. The summed E-state index contributed by atoms with van der Waals surface area (Å²) in [6.45, 7) is 7.02. The number of hydrogen-bond acceptors (Lipinski definition) is 6. The Balaban J connectivity index is 1.61. The van der Waals surface area contributed by atoms with Gasteiger partial charge in [-0.25, -0.2) is 0 Å². The van der Waals surface area contributed by atoms with Crippen LogP contribution in [0.3, 0.4) is 0 Å². The van der Waals surface area contributed by atoms with E-state index in [-0.39, 0.29) is 5.97 Å². The standard InChI is InChI=1S/C17H28N4O2S/c1-3-4-11-23-15(22)12-24-17-19-18-16(21(17)14-5-6-14)20-9-7-13(2)8-10-20/h13-14H,3-12H2,1-2H3. The van der Waals surface area contributed by atoms with Gasteiger partial charge in [0.25, 0.3) is 0 Å². The third-order valence-electron chi connectivity index (χ3n) is 4.71. The second-order valence-corrected chi connectivity index (χ2v) is 7.86. The molecule has 0 atom stereocenters. The van der Waals surface area contributed by atoms with Gasteiger partial charge in [0.15, 0.2) is 5.16 Å². The molecule has 0 aromatic carbocycles. The minimum Gasteiger partial charge on any atom is -0.465 e. The largest absolute Gasteiger partial charge is 0.465 e. The topological polar surface area (TPSA) is 60.2 Å². The Hall–Kier alpha value is -1.24. The van der Waals surface area contributed by atoms with Gasteiger partial charge in [-0.15, -0.1) is 10.2 Å². The Labute approximate surface area is 148 Å². The monoisotopic (exact) mass is 352 g/mol. The van der Waals surface area contributed by atoms with Crippen molar-refractivity contribution in [3.8, 4) is 0 Å². The third-order valence-corrected chi connectivity index (χ3v) is 5.62. The Morgan fingerprint density at radius 1 is 1.25 bits per heavy atom. The lowest BCUT2D eigenvalue weighted by atomic mass is 10.00. The molecule has 134 valence electrons. The van der Waals surface area contributed by atoms with E-state index >= 15 is 0 Å². The molecule has 24 heavy (non-hydrogen) atoms. The van der Waals surface area contributed by atoms with Crippen molar-refractivity contribution in [2.24, 2.45) is 5.92 Å². The molecule has 0 spiro atoms. The molecular weight excluding hydrogens is 324 g/mol. The number of esters is 1. The summed E-state index contributed by atoms with van der Waals surface area (Å²) in [5, 5.41) is 9.67. The van der Waals surface area contributed by atoms with Gasteiger partial charge in [-0.1, -0.05) is 32.0 Å². The molecule has 3 rings (SSSR count). The van der Waals surface area contributed by atoms with Crippen LogP contribution < -0.4 is 4.90 Å². The molecule has 2 aliphatic rings. The molecule has 0 unspecified atom stereocenters. The van der Waals surface area contributed by atoms with Crippen molar-refractivity contribution >= 4 is 23.7 Å². The van der Waals surface area contributed by atoms with Crippen molar-refractivity contribution in [3.05, 3.63) is 0 Å². The summed E-state index contributed by atoms with van der Waals surface area (Å²) in [4.78, 5) is 14.2. The quantitative estimate of drug-likeness (QED) is 0.406. The van der Waals surface area contributed by atoms with E-state index in [9.17, 15) is 4.79 Å². The SMILES string of the molecule is CCCCOC(=O)CSc1nnc(N2CCC(C)CC2)n1C1CC1. The van der Waals surface area contributed by atoms with Crippen LogP contribution >= 0.6 is 11.8 Å². The van der Waals surface area contributed by atoms with E-state index in [0.717, 1.165) is 43.0 Å². The Bertz CT molecular complexity index is 551. The van der Waals surface area contributed by atoms with Gasteiger partial charge in [0.05, 0.1) is 12.4 Å². The second kappa shape index (κ2) is 8.23. The van der Waals surface area contributed by atoms with E-state index in [4.69, 9.17) is 4.74 Å². The number of ether oxygens (including phenoxy) is 1. The van der Waals surface area contributed by atoms with Crippen molar-refractivity contribution in [1.82, 2.24) is 14.8 Å². The molecule has 0 bridgehead atoms. The first-order chi connectivity index (χ1) is 11.7. The molecule has 2 heterocycles. The molecule has 6 nitrogen and oxygen atoms in total. The van der Waals surface area contributed by atoms with E-state index in [1.165, 1.54) is 37.4 Å². The number of rotatable bonds is 8. The molecule has 1 aromatic rings. The maximum atomic E-state index is 11.8. The van der Waals surface area contributed by atoms with Gasteiger partial charge in [-0.2, -0.15) is 0 Å². The van der Waals surface area contributed by atoms with Crippen LogP contribution in [0.25, 0.3) is 0 Å². The minimum atomic E-state index is -0.160. The molecule has 0 N–H and O–H groups in total. The van der Waals surface area contributed by atoms with Gasteiger partial charge in [-0.3, -0.25) is 9.36 Å². The predicted octanol–water partition coefficient (Wildman–Crippen LogP) is 3.28. The number of carbonyl (C=O) groups excluding carboxylic acids is 1. The van der Waals surface area contributed by atoms with Crippen LogP contribution in [0, 0.1) is 5.92 Å². The summed E-state index contributed by atoms with van der Waals surface area (Å²) in [5.74, 6) is 1.94. The van der Waals surface area contributed by atoms with Crippen molar-refractivity contribution in [2.75, 3.05) is 30.3 Å². The zero-order valence-electron chi connectivity index (χ0n) is 14.7. The number of thioether (sulfide) groups is 1. The van der Waals surface area contributed by atoms with Gasteiger partial charge in [-0.05, 0) is 38.0 Å². The van der Waals surface area contributed by atoms with E-state index in [1.54, 1.807) is 0 Å². The fourth-order valence-corrected chi connectivity index (χ4v) is 3.74. The summed E-state index contributed by atoms with van der Waals surface area (Å²) in [7, 11) is 0. The van der Waals surface area contributed by atoms with Gasteiger partial charge >= 0.3 is 5.97 Å². The summed E-state index contributed by atoms with van der Waals surface area (Å²) in [5.41, 5.74) is 0. The molecule has 2 fully saturated rings. The molecule has 1 saturated carbocycles. The lowest BCUT2D eigenvalue weighted by Crippen LogP contribution is -2.34. The van der Waals surface area contributed by atoms with E-state index < -0.39 is 0 Å². The number of unbranched alkanes of at least 4 members (excludes halogenated alkanes) is 1. The van der Waals surface area contributed by atoms with Crippen LogP contribution in [-0.4, -0.2) is 46.2 Å². The van der Waals surface area contributed by atoms with Gasteiger partial charge in [0, 0.05) is 19.1 Å². The summed E-state index contributed by atoms with van der Waals surface area (Å²) in [6, 6.07) is 0.507. The van der Waals surface area contributed by atoms with Crippen molar-refractivity contribution in [1.29, 1.82) is 0 Å². The molecule has 1 aromatic heterocycles. The van der Waals surface area contributed by atoms with Crippen molar-refractivity contribution < 1.29 is 9.53 Å². The lowest BCUT2D eigenvalue weighted by molar-refractivity contribution is -0.140. The van der Waals surface area contributed by atoms with E-state index in [1.807, 2.05) is 0 Å². The zero-order valence-corrected chi connectivity index (χ0v) is 15.6. The first-order valence-corrected chi connectivity index (χ1v) is 10.2. The van der Waals surface area contributed by atoms with Gasteiger partial charge in [0.2, 0.25) is 5.95 Å². The second-order valence-electron chi connectivity index (χ2n) is 6.92. The summed E-state index contributed by atoms with van der Waals surface area (Å²) < 4.78 is 7.48. The summed E-state index contributed by atoms with van der Waals surface area (Å²) >= 11 is 1.46. The van der Waals surface area contributed by atoms with Crippen LogP contribution in [0.15, 0.2) is 5.16 Å². The van der Waals surface area contributed by atoms with Crippen LogP contribution in [0.1, 0.15) is 58.4 Å². The minimum absolute atomic E-state index is 0.160. The number of nitrogens with zero attached hydrogens (tertiary/aromatic N) is 4.